The first-order chi connectivity index (χ1) is 11.6. The van der Waals surface area contributed by atoms with E-state index in [9.17, 15) is 4.79 Å². The molecule has 2 rings (SSSR count). The molecule has 0 saturated heterocycles. The van der Waals surface area contributed by atoms with Crippen molar-refractivity contribution in [1.29, 1.82) is 0 Å². The van der Waals surface area contributed by atoms with Gasteiger partial charge in [-0.1, -0.05) is 31.5 Å². The van der Waals surface area contributed by atoms with Gasteiger partial charge in [0.1, 0.15) is 5.75 Å². The Morgan fingerprint density at radius 3 is 2.62 bits per heavy atom. The summed E-state index contributed by atoms with van der Waals surface area (Å²) < 4.78 is 11.0. The van der Waals surface area contributed by atoms with Gasteiger partial charge in [0.2, 0.25) is 0 Å². The molecule has 0 saturated carbocycles. The lowest BCUT2D eigenvalue weighted by Gasteiger charge is -2.31. The number of para-hydroxylation sites is 1. The molecule has 0 aliphatic carbocycles. The summed E-state index contributed by atoms with van der Waals surface area (Å²) in [5.41, 5.74) is 2.26. The van der Waals surface area contributed by atoms with E-state index in [0.717, 1.165) is 29.9 Å². The summed E-state index contributed by atoms with van der Waals surface area (Å²) in [6.45, 7) is 6.67. The molecule has 130 valence electrons. The van der Waals surface area contributed by atoms with Crippen LogP contribution in [-0.2, 0) is 9.53 Å². The summed E-state index contributed by atoms with van der Waals surface area (Å²) in [6, 6.07) is 7.29. The number of nitrogens with one attached hydrogen (secondary N) is 2. The lowest BCUT2D eigenvalue weighted by atomic mass is 9.93. The molecule has 2 N–H and O–H groups in total. The average Bonchev–Trinajstić information content (AvgIpc) is 2.55. The highest BCUT2D eigenvalue weighted by atomic mass is 32.1. The molecule has 0 unspecified atom stereocenters. The van der Waals surface area contributed by atoms with Crippen LogP contribution in [0.4, 0.5) is 0 Å². The number of rotatable bonds is 7. The van der Waals surface area contributed by atoms with Gasteiger partial charge in [-0.25, -0.2) is 4.79 Å². The third kappa shape index (κ3) is 4.06. The number of carbonyl (C=O) groups is 1. The maximum absolute atomic E-state index is 12.6. The minimum atomic E-state index is -0.387. The van der Waals surface area contributed by atoms with E-state index in [1.807, 2.05) is 31.2 Å². The first-order valence-electron chi connectivity index (χ1n) is 8.31. The molecule has 5 nitrogen and oxygen atoms in total. The maximum Gasteiger partial charge on any atom is 0.338 e. The van der Waals surface area contributed by atoms with Crippen LogP contribution in [0.15, 0.2) is 35.5 Å². The molecule has 1 aliphatic heterocycles. The fourth-order valence-electron chi connectivity index (χ4n) is 2.75. The molecule has 1 aromatic rings. The van der Waals surface area contributed by atoms with Crippen molar-refractivity contribution < 1.29 is 14.3 Å². The Morgan fingerprint density at radius 2 is 1.96 bits per heavy atom. The van der Waals surface area contributed by atoms with Crippen molar-refractivity contribution in [3.63, 3.8) is 0 Å². The maximum atomic E-state index is 12.6. The standard InChI is InChI=1S/C18H24N2O3S/c1-4-9-13-15(17(21)23-6-3)16(20-18(24)19-13)12-10-7-8-11-14(12)22-5-2/h7-8,10-11,16H,4-6,9H2,1-3H3,(H2,19,20,24)/t16-/m1/s1. The predicted molar refractivity (Wildman–Crippen MR) is 97.8 cm³/mol. The van der Waals surface area contributed by atoms with Crippen molar-refractivity contribution >= 4 is 23.3 Å². The van der Waals surface area contributed by atoms with Gasteiger partial charge in [0.05, 0.1) is 24.8 Å². The second kappa shape index (κ2) is 8.68. The number of allylic oxidation sites excluding steroid dienone is 1. The van der Waals surface area contributed by atoms with Crippen molar-refractivity contribution in [2.45, 2.75) is 39.7 Å². The van der Waals surface area contributed by atoms with Crippen LogP contribution in [-0.4, -0.2) is 24.3 Å². The average molecular weight is 348 g/mol. The molecular weight excluding hydrogens is 324 g/mol. The Morgan fingerprint density at radius 1 is 1.21 bits per heavy atom. The molecule has 0 radical (unpaired) electrons. The number of esters is 1. The zero-order valence-corrected chi connectivity index (χ0v) is 15.2. The molecular formula is C18H24N2O3S. The summed E-state index contributed by atoms with van der Waals surface area (Å²) in [4.78, 5) is 12.6. The summed E-state index contributed by atoms with van der Waals surface area (Å²) in [5, 5.41) is 6.81. The highest BCUT2D eigenvalue weighted by Gasteiger charge is 2.33. The molecule has 0 fully saturated rings. The highest BCUT2D eigenvalue weighted by molar-refractivity contribution is 7.80. The van der Waals surface area contributed by atoms with Gasteiger partial charge in [0.15, 0.2) is 5.11 Å². The topological polar surface area (TPSA) is 59.6 Å². The van der Waals surface area contributed by atoms with Crippen LogP contribution in [0.5, 0.6) is 5.75 Å². The van der Waals surface area contributed by atoms with Crippen molar-refractivity contribution in [3.05, 3.63) is 41.1 Å². The molecule has 1 heterocycles. The van der Waals surface area contributed by atoms with E-state index >= 15 is 0 Å². The normalized spacial score (nSPS) is 17.1. The van der Waals surface area contributed by atoms with E-state index in [1.165, 1.54) is 0 Å². The van der Waals surface area contributed by atoms with Crippen LogP contribution in [0.3, 0.4) is 0 Å². The zero-order valence-electron chi connectivity index (χ0n) is 14.3. The van der Waals surface area contributed by atoms with Gasteiger partial charge in [0.25, 0.3) is 0 Å². The second-order valence-corrected chi connectivity index (χ2v) is 5.77. The quantitative estimate of drug-likeness (QED) is 0.583. The number of thiocarbonyl (C=S) groups is 1. The first-order valence-corrected chi connectivity index (χ1v) is 8.72. The first kappa shape index (κ1) is 18.3. The van der Waals surface area contributed by atoms with Crippen molar-refractivity contribution in [2.75, 3.05) is 13.2 Å². The summed E-state index contributed by atoms with van der Waals surface area (Å²) in [6.07, 6.45) is 1.62. The summed E-state index contributed by atoms with van der Waals surface area (Å²) in [7, 11) is 0. The van der Waals surface area contributed by atoms with E-state index in [-0.39, 0.29) is 12.0 Å². The Hall–Kier alpha value is -2.08. The largest absolute Gasteiger partial charge is 0.494 e. The Labute approximate surface area is 148 Å². The van der Waals surface area contributed by atoms with E-state index in [4.69, 9.17) is 21.7 Å². The molecule has 0 bridgehead atoms. The molecule has 0 spiro atoms. The number of hydrogen-bond donors (Lipinski definition) is 2. The molecule has 1 atom stereocenters. The van der Waals surface area contributed by atoms with Gasteiger partial charge < -0.3 is 20.1 Å². The van der Waals surface area contributed by atoms with Crippen LogP contribution in [0.1, 0.15) is 45.2 Å². The minimum absolute atomic E-state index is 0.325. The number of ether oxygens (including phenoxy) is 2. The van der Waals surface area contributed by atoms with Gasteiger partial charge >= 0.3 is 5.97 Å². The van der Waals surface area contributed by atoms with E-state index in [2.05, 4.69) is 17.6 Å². The Balaban J connectivity index is 2.53. The van der Waals surface area contributed by atoms with Gasteiger partial charge in [-0.3, -0.25) is 0 Å². The molecule has 24 heavy (non-hydrogen) atoms. The number of benzene rings is 1. The predicted octanol–water partition coefficient (Wildman–Crippen LogP) is 3.22. The van der Waals surface area contributed by atoms with Crippen molar-refractivity contribution in [1.82, 2.24) is 10.6 Å². The molecule has 1 aromatic carbocycles. The number of hydrogen-bond acceptors (Lipinski definition) is 4. The van der Waals surface area contributed by atoms with Crippen LogP contribution in [0.2, 0.25) is 0 Å². The highest BCUT2D eigenvalue weighted by Crippen LogP contribution is 2.34. The van der Waals surface area contributed by atoms with Gasteiger partial charge in [0, 0.05) is 11.3 Å². The molecule has 6 heteroatoms. The van der Waals surface area contributed by atoms with Crippen molar-refractivity contribution in [2.24, 2.45) is 0 Å². The van der Waals surface area contributed by atoms with Gasteiger partial charge in [-0.15, -0.1) is 0 Å². The van der Waals surface area contributed by atoms with E-state index < -0.39 is 0 Å². The van der Waals surface area contributed by atoms with Crippen LogP contribution in [0, 0.1) is 0 Å². The Bertz CT molecular complexity index is 643. The van der Waals surface area contributed by atoms with Crippen LogP contribution < -0.4 is 15.4 Å². The third-order valence-electron chi connectivity index (χ3n) is 3.68. The van der Waals surface area contributed by atoms with Gasteiger partial charge in [-0.05, 0) is 38.6 Å². The molecule has 0 amide bonds. The smallest absolute Gasteiger partial charge is 0.338 e. The van der Waals surface area contributed by atoms with Gasteiger partial charge in [-0.2, -0.15) is 0 Å². The molecule has 0 aromatic heterocycles. The number of carbonyl (C=O) groups excluding carboxylic acids is 1. The lowest BCUT2D eigenvalue weighted by Crippen LogP contribution is -2.45. The SMILES string of the molecule is CCCC1=C(C(=O)OCC)[C@@H](c2ccccc2OCC)NC(=S)N1. The van der Waals surface area contributed by atoms with E-state index in [1.54, 1.807) is 6.92 Å². The Kier molecular flexibility index (Phi) is 6.61. The third-order valence-corrected chi connectivity index (χ3v) is 3.90. The van der Waals surface area contributed by atoms with E-state index in [0.29, 0.717) is 23.9 Å². The fraction of sp³-hybridized carbons (Fsp3) is 0.444. The monoisotopic (exact) mass is 348 g/mol. The fourth-order valence-corrected chi connectivity index (χ4v) is 3.00. The summed E-state index contributed by atoms with van der Waals surface area (Å²) >= 11 is 5.34. The zero-order chi connectivity index (χ0) is 17.5. The summed E-state index contributed by atoms with van der Waals surface area (Å²) in [5.74, 6) is 0.402. The van der Waals surface area contributed by atoms with Crippen LogP contribution >= 0.6 is 12.2 Å². The van der Waals surface area contributed by atoms with Crippen LogP contribution in [0.25, 0.3) is 0 Å². The molecule has 1 aliphatic rings. The minimum Gasteiger partial charge on any atom is -0.494 e. The lowest BCUT2D eigenvalue weighted by molar-refractivity contribution is -0.139. The van der Waals surface area contributed by atoms with Crippen molar-refractivity contribution in [3.8, 4) is 5.75 Å². The second-order valence-electron chi connectivity index (χ2n) is 5.37.